The molecule has 3 rings (SSSR count). The number of nitrogens with zero attached hydrogens (tertiary/aromatic N) is 2. The fraction of sp³-hybridized carbons (Fsp3) is 0.444. The minimum absolute atomic E-state index is 0.125. The number of hydrogen-bond donors (Lipinski definition) is 1. The molecule has 1 saturated heterocycles. The van der Waals surface area contributed by atoms with Gasteiger partial charge in [-0.15, -0.1) is 0 Å². The average molecular weight is 329 g/mol. The SMILES string of the molecule is CCn1c(C)c(/C=N\NC(=O)CC2(C)OCCO2)c2ccccc21. The fourth-order valence-corrected chi connectivity index (χ4v) is 3.19. The summed E-state index contributed by atoms with van der Waals surface area (Å²) >= 11 is 0. The molecule has 1 aliphatic heterocycles. The number of aryl methyl sites for hydroxylation is 1. The highest BCUT2D eigenvalue weighted by Gasteiger charge is 2.33. The summed E-state index contributed by atoms with van der Waals surface area (Å²) in [6.07, 6.45) is 1.83. The van der Waals surface area contributed by atoms with Crippen molar-refractivity contribution in [3.05, 3.63) is 35.5 Å². The van der Waals surface area contributed by atoms with Crippen LogP contribution in [-0.2, 0) is 20.8 Å². The molecule has 1 aliphatic rings. The number of carbonyl (C=O) groups is 1. The highest BCUT2D eigenvalue weighted by atomic mass is 16.7. The van der Waals surface area contributed by atoms with E-state index in [0.717, 1.165) is 23.2 Å². The first-order chi connectivity index (χ1) is 11.5. The maximum Gasteiger partial charge on any atom is 0.245 e. The zero-order chi connectivity index (χ0) is 17.2. The number of carbonyl (C=O) groups excluding carboxylic acids is 1. The number of aromatic nitrogens is 1. The van der Waals surface area contributed by atoms with Crippen LogP contribution >= 0.6 is 0 Å². The summed E-state index contributed by atoms with van der Waals surface area (Å²) in [5, 5.41) is 5.25. The molecule has 6 nitrogen and oxygen atoms in total. The topological polar surface area (TPSA) is 64.9 Å². The Labute approximate surface area is 141 Å². The molecule has 0 spiro atoms. The summed E-state index contributed by atoms with van der Waals surface area (Å²) in [4.78, 5) is 12.0. The van der Waals surface area contributed by atoms with Crippen LogP contribution in [-0.4, -0.2) is 35.7 Å². The van der Waals surface area contributed by atoms with E-state index in [2.05, 4.69) is 41.1 Å². The first kappa shape index (κ1) is 16.7. The lowest BCUT2D eigenvalue weighted by Crippen LogP contribution is -2.33. The maximum absolute atomic E-state index is 12.0. The van der Waals surface area contributed by atoms with Crippen molar-refractivity contribution in [1.29, 1.82) is 0 Å². The van der Waals surface area contributed by atoms with Crippen LogP contribution in [0.2, 0.25) is 0 Å². The molecule has 1 amide bonds. The number of hydrazone groups is 1. The van der Waals surface area contributed by atoms with Gasteiger partial charge in [-0.1, -0.05) is 18.2 Å². The van der Waals surface area contributed by atoms with Crippen LogP contribution in [0.3, 0.4) is 0 Å². The minimum atomic E-state index is -0.840. The molecule has 2 heterocycles. The smallest absolute Gasteiger partial charge is 0.245 e. The van der Waals surface area contributed by atoms with Crippen LogP contribution in [0.1, 0.15) is 31.5 Å². The van der Waals surface area contributed by atoms with Crippen molar-refractivity contribution in [3.8, 4) is 0 Å². The second-order valence-corrected chi connectivity index (χ2v) is 6.06. The molecule has 24 heavy (non-hydrogen) atoms. The van der Waals surface area contributed by atoms with Gasteiger partial charge in [0.25, 0.3) is 0 Å². The summed E-state index contributed by atoms with van der Waals surface area (Å²) in [6, 6.07) is 8.20. The third-order valence-corrected chi connectivity index (χ3v) is 4.36. The van der Waals surface area contributed by atoms with Crippen LogP contribution in [0.4, 0.5) is 0 Å². The van der Waals surface area contributed by atoms with E-state index in [9.17, 15) is 4.79 Å². The predicted octanol–water partition coefficient (Wildman–Crippen LogP) is 2.57. The Morgan fingerprint density at radius 3 is 2.79 bits per heavy atom. The molecule has 0 atom stereocenters. The summed E-state index contributed by atoms with van der Waals surface area (Å²) in [7, 11) is 0. The van der Waals surface area contributed by atoms with Crippen molar-refractivity contribution in [1.82, 2.24) is 9.99 Å². The molecule has 0 unspecified atom stereocenters. The van der Waals surface area contributed by atoms with Crippen molar-refractivity contribution >= 4 is 23.0 Å². The van der Waals surface area contributed by atoms with E-state index < -0.39 is 5.79 Å². The molecule has 0 radical (unpaired) electrons. The van der Waals surface area contributed by atoms with E-state index in [-0.39, 0.29) is 12.3 Å². The zero-order valence-corrected chi connectivity index (χ0v) is 14.3. The Bertz CT molecular complexity index is 773. The Kier molecular flexibility index (Phi) is 4.69. The van der Waals surface area contributed by atoms with Crippen LogP contribution in [0.5, 0.6) is 0 Å². The molecule has 1 aromatic carbocycles. The van der Waals surface area contributed by atoms with Gasteiger partial charge in [0.1, 0.15) is 0 Å². The zero-order valence-electron chi connectivity index (χ0n) is 14.3. The van der Waals surface area contributed by atoms with Gasteiger partial charge >= 0.3 is 0 Å². The number of fused-ring (bicyclic) bond motifs is 1. The van der Waals surface area contributed by atoms with Gasteiger partial charge in [0.2, 0.25) is 5.91 Å². The minimum Gasteiger partial charge on any atom is -0.347 e. The van der Waals surface area contributed by atoms with Gasteiger partial charge in [0.15, 0.2) is 5.79 Å². The molecule has 2 aromatic rings. The second-order valence-electron chi connectivity index (χ2n) is 6.06. The van der Waals surface area contributed by atoms with E-state index >= 15 is 0 Å². The van der Waals surface area contributed by atoms with E-state index in [4.69, 9.17) is 9.47 Å². The third-order valence-electron chi connectivity index (χ3n) is 4.36. The molecule has 6 heteroatoms. The lowest BCUT2D eigenvalue weighted by molar-refractivity contribution is -0.159. The number of nitrogens with one attached hydrogen (secondary N) is 1. The molecule has 1 fully saturated rings. The third kappa shape index (κ3) is 3.20. The van der Waals surface area contributed by atoms with E-state index in [1.807, 2.05) is 12.1 Å². The number of hydrogen-bond acceptors (Lipinski definition) is 4. The number of benzene rings is 1. The summed E-state index contributed by atoms with van der Waals surface area (Å²) in [5.74, 6) is -1.07. The van der Waals surface area contributed by atoms with Gasteiger partial charge in [-0.05, 0) is 26.8 Å². The van der Waals surface area contributed by atoms with Gasteiger partial charge in [-0.2, -0.15) is 5.10 Å². The van der Waals surface area contributed by atoms with Crippen LogP contribution in [0, 0.1) is 6.92 Å². The summed E-state index contributed by atoms with van der Waals surface area (Å²) in [6.45, 7) is 7.87. The van der Waals surface area contributed by atoms with E-state index in [1.165, 1.54) is 5.52 Å². The lowest BCUT2D eigenvalue weighted by Gasteiger charge is -2.20. The average Bonchev–Trinajstić information content (AvgIpc) is 3.09. The quantitative estimate of drug-likeness (QED) is 0.677. The van der Waals surface area contributed by atoms with Gasteiger partial charge < -0.3 is 14.0 Å². The molecule has 0 bridgehead atoms. The van der Waals surface area contributed by atoms with Crippen LogP contribution in [0.25, 0.3) is 10.9 Å². The number of rotatable bonds is 5. The van der Waals surface area contributed by atoms with Crippen molar-refractivity contribution in [2.24, 2.45) is 5.10 Å². The highest BCUT2D eigenvalue weighted by Crippen LogP contribution is 2.24. The maximum atomic E-state index is 12.0. The molecule has 128 valence electrons. The Hall–Kier alpha value is -2.18. The molecular formula is C18H23N3O3. The standard InChI is InChI=1S/C18H23N3O3/c1-4-21-13(2)15(14-7-5-6-8-16(14)21)12-19-20-17(22)11-18(3)23-9-10-24-18/h5-8,12H,4,9-11H2,1-3H3,(H,20,22)/b19-12-. The molecule has 1 N–H and O–H groups in total. The van der Waals surface area contributed by atoms with Crippen molar-refractivity contribution < 1.29 is 14.3 Å². The summed E-state index contributed by atoms with van der Waals surface area (Å²) in [5.41, 5.74) is 5.89. The van der Waals surface area contributed by atoms with Gasteiger partial charge in [-0.3, -0.25) is 4.79 Å². The Balaban J connectivity index is 1.74. The number of ether oxygens (including phenoxy) is 2. The van der Waals surface area contributed by atoms with E-state index in [1.54, 1.807) is 13.1 Å². The predicted molar refractivity (Wildman–Crippen MR) is 93.0 cm³/mol. The van der Waals surface area contributed by atoms with Crippen molar-refractivity contribution in [2.75, 3.05) is 13.2 Å². The first-order valence-corrected chi connectivity index (χ1v) is 8.22. The highest BCUT2D eigenvalue weighted by molar-refractivity contribution is 6.01. The van der Waals surface area contributed by atoms with E-state index in [0.29, 0.717) is 13.2 Å². The molecule has 0 aliphatic carbocycles. The monoisotopic (exact) mass is 329 g/mol. The van der Waals surface area contributed by atoms with Gasteiger partial charge in [0.05, 0.1) is 25.8 Å². The van der Waals surface area contributed by atoms with Gasteiger partial charge in [0, 0.05) is 28.7 Å². The lowest BCUT2D eigenvalue weighted by atomic mass is 10.1. The van der Waals surface area contributed by atoms with Crippen LogP contribution < -0.4 is 5.43 Å². The summed E-state index contributed by atoms with van der Waals surface area (Å²) < 4.78 is 13.1. The Morgan fingerprint density at radius 1 is 1.38 bits per heavy atom. The Morgan fingerprint density at radius 2 is 2.08 bits per heavy atom. The normalized spacial score (nSPS) is 17.0. The molecule has 1 aromatic heterocycles. The molecule has 0 saturated carbocycles. The first-order valence-electron chi connectivity index (χ1n) is 8.22. The largest absolute Gasteiger partial charge is 0.347 e. The van der Waals surface area contributed by atoms with Gasteiger partial charge in [-0.25, -0.2) is 5.43 Å². The van der Waals surface area contributed by atoms with Crippen molar-refractivity contribution in [2.45, 2.75) is 39.5 Å². The van der Waals surface area contributed by atoms with Crippen molar-refractivity contribution in [3.63, 3.8) is 0 Å². The number of amides is 1. The molecular weight excluding hydrogens is 306 g/mol. The number of para-hydroxylation sites is 1. The van der Waals surface area contributed by atoms with Crippen LogP contribution in [0.15, 0.2) is 29.4 Å². The fourth-order valence-electron chi connectivity index (χ4n) is 3.19. The second kappa shape index (κ2) is 6.75.